The Labute approximate surface area is 167 Å². The van der Waals surface area contributed by atoms with Crippen LogP contribution in [0.25, 0.3) is 10.9 Å². The third kappa shape index (κ3) is 3.48. The SMILES string of the molecule is C[C@]12CCC(=O)N1[C@@H](C(=O)OCC(=O)NCCc1c[nH]c3ccccc13)CS2. The lowest BCUT2D eigenvalue weighted by Crippen LogP contribution is -2.47. The predicted octanol–water partition coefficient (Wildman–Crippen LogP) is 1.82. The number of amides is 2. The van der Waals surface area contributed by atoms with Crippen molar-refractivity contribution in [1.82, 2.24) is 15.2 Å². The predicted molar refractivity (Wildman–Crippen MR) is 107 cm³/mol. The van der Waals surface area contributed by atoms with Crippen molar-refractivity contribution >= 4 is 40.4 Å². The molecule has 7 nitrogen and oxygen atoms in total. The highest BCUT2D eigenvalue weighted by Gasteiger charge is 2.53. The second-order valence-corrected chi connectivity index (χ2v) is 8.83. The second kappa shape index (κ2) is 7.50. The smallest absolute Gasteiger partial charge is 0.330 e. The summed E-state index contributed by atoms with van der Waals surface area (Å²) in [6.07, 6.45) is 3.83. The maximum absolute atomic E-state index is 12.4. The minimum absolute atomic E-state index is 0.0161. The summed E-state index contributed by atoms with van der Waals surface area (Å²) >= 11 is 1.60. The summed E-state index contributed by atoms with van der Waals surface area (Å²) in [6.45, 7) is 2.11. The number of carbonyl (C=O) groups excluding carboxylic acids is 3. The molecule has 1 aromatic heterocycles. The number of benzene rings is 1. The zero-order valence-electron chi connectivity index (χ0n) is 15.7. The van der Waals surface area contributed by atoms with Crippen LogP contribution in [0.15, 0.2) is 30.5 Å². The van der Waals surface area contributed by atoms with E-state index in [4.69, 9.17) is 4.74 Å². The number of para-hydroxylation sites is 1. The molecule has 2 N–H and O–H groups in total. The minimum atomic E-state index is -0.593. The van der Waals surface area contributed by atoms with Crippen molar-refractivity contribution in [3.05, 3.63) is 36.0 Å². The largest absolute Gasteiger partial charge is 0.454 e. The van der Waals surface area contributed by atoms with Crippen LogP contribution >= 0.6 is 11.8 Å². The van der Waals surface area contributed by atoms with Gasteiger partial charge in [0.1, 0.15) is 6.04 Å². The number of hydrogen-bond donors (Lipinski definition) is 2. The van der Waals surface area contributed by atoms with Crippen LogP contribution in [-0.4, -0.2) is 57.5 Å². The molecule has 2 amide bonds. The van der Waals surface area contributed by atoms with Crippen molar-refractivity contribution in [1.29, 1.82) is 0 Å². The highest BCUT2D eigenvalue weighted by Crippen LogP contribution is 2.47. The van der Waals surface area contributed by atoms with Gasteiger partial charge in [-0.05, 0) is 31.4 Å². The Balaban J connectivity index is 1.23. The van der Waals surface area contributed by atoms with E-state index >= 15 is 0 Å². The summed E-state index contributed by atoms with van der Waals surface area (Å²) < 4.78 is 5.18. The second-order valence-electron chi connectivity index (χ2n) is 7.33. The molecule has 0 aliphatic carbocycles. The van der Waals surface area contributed by atoms with Crippen LogP contribution in [0.5, 0.6) is 0 Å². The molecule has 0 radical (unpaired) electrons. The molecule has 2 aromatic rings. The van der Waals surface area contributed by atoms with E-state index in [1.807, 2.05) is 37.4 Å². The van der Waals surface area contributed by atoms with E-state index in [2.05, 4.69) is 10.3 Å². The molecular weight excluding hydrogens is 378 g/mol. The lowest BCUT2D eigenvalue weighted by atomic mass is 10.1. The molecule has 2 atom stereocenters. The fourth-order valence-electron chi connectivity index (χ4n) is 3.95. The molecule has 148 valence electrons. The van der Waals surface area contributed by atoms with Crippen LogP contribution in [-0.2, 0) is 25.5 Å². The van der Waals surface area contributed by atoms with E-state index in [0.717, 1.165) is 22.9 Å². The highest BCUT2D eigenvalue weighted by molar-refractivity contribution is 8.01. The molecule has 0 saturated carbocycles. The maximum atomic E-state index is 12.4. The number of aromatic amines is 1. The van der Waals surface area contributed by atoms with E-state index < -0.39 is 12.0 Å². The van der Waals surface area contributed by atoms with Gasteiger partial charge in [0.05, 0.1) is 4.87 Å². The molecule has 1 aromatic carbocycles. The summed E-state index contributed by atoms with van der Waals surface area (Å²) in [5, 5.41) is 3.92. The lowest BCUT2D eigenvalue weighted by molar-refractivity contribution is -0.156. The number of aromatic nitrogens is 1. The van der Waals surface area contributed by atoms with Crippen molar-refractivity contribution < 1.29 is 19.1 Å². The lowest BCUT2D eigenvalue weighted by Gasteiger charge is -2.29. The molecule has 0 unspecified atom stereocenters. The molecule has 8 heteroatoms. The van der Waals surface area contributed by atoms with E-state index in [1.54, 1.807) is 16.7 Å². The molecule has 0 spiro atoms. The monoisotopic (exact) mass is 401 g/mol. The van der Waals surface area contributed by atoms with E-state index in [-0.39, 0.29) is 23.3 Å². The van der Waals surface area contributed by atoms with Crippen LogP contribution in [0, 0.1) is 0 Å². The van der Waals surface area contributed by atoms with Crippen molar-refractivity contribution in [3.63, 3.8) is 0 Å². The number of nitrogens with zero attached hydrogens (tertiary/aromatic N) is 1. The van der Waals surface area contributed by atoms with Gasteiger partial charge < -0.3 is 19.9 Å². The number of esters is 1. The third-order valence-corrected chi connectivity index (χ3v) is 6.96. The van der Waals surface area contributed by atoms with Gasteiger partial charge in [-0.15, -0.1) is 11.8 Å². The number of thioether (sulfide) groups is 1. The number of fused-ring (bicyclic) bond motifs is 2. The summed E-state index contributed by atoms with van der Waals surface area (Å²) in [5.41, 5.74) is 2.19. The first kappa shape index (κ1) is 18.9. The zero-order valence-corrected chi connectivity index (χ0v) is 16.5. The number of carbonyl (C=O) groups is 3. The minimum Gasteiger partial charge on any atom is -0.454 e. The van der Waals surface area contributed by atoms with Gasteiger partial charge in [0.25, 0.3) is 5.91 Å². The number of ether oxygens (including phenoxy) is 1. The quantitative estimate of drug-likeness (QED) is 0.721. The first-order chi connectivity index (χ1) is 13.5. The van der Waals surface area contributed by atoms with Gasteiger partial charge in [0, 0.05) is 35.8 Å². The summed E-state index contributed by atoms with van der Waals surface area (Å²) in [7, 11) is 0. The van der Waals surface area contributed by atoms with Crippen LogP contribution in [0.3, 0.4) is 0 Å². The van der Waals surface area contributed by atoms with Crippen LogP contribution < -0.4 is 5.32 Å². The first-order valence-electron chi connectivity index (χ1n) is 9.42. The molecular formula is C20H23N3O4S. The zero-order chi connectivity index (χ0) is 19.7. The maximum Gasteiger partial charge on any atom is 0.330 e. The Morgan fingerprint density at radius 3 is 3.07 bits per heavy atom. The Bertz CT molecular complexity index is 927. The van der Waals surface area contributed by atoms with Gasteiger partial charge in [-0.3, -0.25) is 9.59 Å². The highest BCUT2D eigenvalue weighted by atomic mass is 32.2. The first-order valence-corrected chi connectivity index (χ1v) is 10.4. The Morgan fingerprint density at radius 2 is 2.21 bits per heavy atom. The molecule has 2 saturated heterocycles. The van der Waals surface area contributed by atoms with Crippen LogP contribution in [0.4, 0.5) is 0 Å². The van der Waals surface area contributed by atoms with Gasteiger partial charge >= 0.3 is 5.97 Å². The normalized spacial score (nSPS) is 23.8. The van der Waals surface area contributed by atoms with Gasteiger partial charge in [-0.25, -0.2) is 4.79 Å². The summed E-state index contributed by atoms with van der Waals surface area (Å²) in [4.78, 5) is 41.0. The van der Waals surface area contributed by atoms with Crippen molar-refractivity contribution in [2.75, 3.05) is 18.9 Å². The molecule has 2 aliphatic heterocycles. The van der Waals surface area contributed by atoms with E-state index in [9.17, 15) is 14.4 Å². The number of hydrogen-bond acceptors (Lipinski definition) is 5. The van der Waals surface area contributed by atoms with Gasteiger partial charge in [-0.1, -0.05) is 18.2 Å². The fourth-order valence-corrected chi connectivity index (χ4v) is 5.37. The van der Waals surface area contributed by atoms with Crippen molar-refractivity contribution in [2.45, 2.75) is 37.1 Å². The average Bonchev–Trinajstić information content (AvgIpc) is 3.34. The fraction of sp³-hybridized carbons (Fsp3) is 0.450. The van der Waals surface area contributed by atoms with Gasteiger partial charge in [0.2, 0.25) is 5.91 Å². The molecule has 0 bridgehead atoms. The van der Waals surface area contributed by atoms with E-state index in [0.29, 0.717) is 25.1 Å². The van der Waals surface area contributed by atoms with Gasteiger partial charge in [-0.2, -0.15) is 0 Å². The molecule has 2 aliphatic rings. The Kier molecular flexibility index (Phi) is 5.05. The Hall–Kier alpha value is -2.48. The summed E-state index contributed by atoms with van der Waals surface area (Å²) in [6, 6.07) is 7.41. The number of rotatable bonds is 6. The third-order valence-electron chi connectivity index (χ3n) is 5.45. The molecule has 28 heavy (non-hydrogen) atoms. The average molecular weight is 401 g/mol. The molecule has 4 rings (SSSR count). The standard InChI is InChI=1S/C20H23N3O4S/c1-20-8-6-18(25)23(20)16(12-28-20)19(26)27-11-17(24)21-9-7-13-10-22-15-5-3-2-4-14(13)15/h2-5,10,16,22H,6-9,11-12H2,1H3,(H,21,24)/t16-,20+/m1/s1. The Morgan fingerprint density at radius 1 is 1.39 bits per heavy atom. The van der Waals surface area contributed by atoms with Crippen LogP contribution in [0.2, 0.25) is 0 Å². The molecule has 3 heterocycles. The summed E-state index contributed by atoms with van der Waals surface area (Å²) in [5.74, 6) is -0.339. The number of H-pyrrole nitrogens is 1. The number of nitrogens with one attached hydrogen (secondary N) is 2. The van der Waals surface area contributed by atoms with E-state index in [1.165, 1.54) is 0 Å². The molecule has 2 fully saturated rings. The van der Waals surface area contributed by atoms with Gasteiger partial charge in [0.15, 0.2) is 6.61 Å². The topological polar surface area (TPSA) is 91.5 Å². The van der Waals surface area contributed by atoms with Crippen molar-refractivity contribution in [3.8, 4) is 0 Å². The van der Waals surface area contributed by atoms with Crippen molar-refractivity contribution in [2.24, 2.45) is 0 Å². The van der Waals surface area contributed by atoms with Crippen LogP contribution in [0.1, 0.15) is 25.3 Å².